The van der Waals surface area contributed by atoms with Crippen molar-refractivity contribution in [2.75, 3.05) is 19.6 Å². The molecule has 0 aromatic carbocycles. The molecule has 0 saturated carbocycles. The number of pyridine rings is 1. The Morgan fingerprint density at radius 2 is 2.16 bits per heavy atom. The minimum absolute atomic E-state index is 0.190. The van der Waals surface area contributed by atoms with Gasteiger partial charge < -0.3 is 10.2 Å². The molecule has 0 radical (unpaired) electrons. The van der Waals surface area contributed by atoms with E-state index in [4.69, 9.17) is 0 Å². The summed E-state index contributed by atoms with van der Waals surface area (Å²) in [6.45, 7) is 4.67. The molecule has 1 fully saturated rings. The normalized spacial score (nSPS) is 17.2. The summed E-state index contributed by atoms with van der Waals surface area (Å²) < 4.78 is 0. The summed E-state index contributed by atoms with van der Waals surface area (Å²) >= 11 is 0. The second-order valence-corrected chi connectivity index (χ2v) is 5.12. The smallest absolute Gasteiger partial charge is 0.223 e. The van der Waals surface area contributed by atoms with Gasteiger partial charge in [-0.1, -0.05) is 6.07 Å². The molecule has 1 aliphatic heterocycles. The van der Waals surface area contributed by atoms with Crippen molar-refractivity contribution in [3.63, 3.8) is 0 Å². The van der Waals surface area contributed by atoms with Gasteiger partial charge >= 0.3 is 0 Å². The van der Waals surface area contributed by atoms with Crippen molar-refractivity contribution in [3.05, 3.63) is 30.1 Å². The molecule has 2 heterocycles. The van der Waals surface area contributed by atoms with Gasteiger partial charge in [-0.25, -0.2) is 0 Å². The van der Waals surface area contributed by atoms with Crippen molar-refractivity contribution >= 4 is 5.91 Å². The van der Waals surface area contributed by atoms with Crippen LogP contribution in [0.5, 0.6) is 0 Å². The van der Waals surface area contributed by atoms with Crippen LogP contribution in [0.25, 0.3) is 0 Å². The van der Waals surface area contributed by atoms with E-state index >= 15 is 0 Å². The number of piperidine rings is 1. The molecular formula is C15H23N3O. The zero-order valence-corrected chi connectivity index (χ0v) is 11.6. The lowest BCUT2D eigenvalue weighted by Gasteiger charge is -2.27. The molecule has 1 aliphatic rings. The van der Waals surface area contributed by atoms with E-state index in [1.54, 1.807) is 6.20 Å². The van der Waals surface area contributed by atoms with Crippen molar-refractivity contribution in [2.24, 2.45) is 0 Å². The quantitative estimate of drug-likeness (QED) is 0.883. The Hall–Kier alpha value is -1.42. The van der Waals surface area contributed by atoms with Crippen LogP contribution in [0.1, 0.15) is 44.3 Å². The van der Waals surface area contributed by atoms with E-state index < -0.39 is 0 Å². The van der Waals surface area contributed by atoms with Gasteiger partial charge in [0.2, 0.25) is 5.91 Å². The monoisotopic (exact) mass is 261 g/mol. The number of amides is 1. The lowest BCUT2D eigenvalue weighted by atomic mass is 10.1. The molecule has 1 N–H and O–H groups in total. The van der Waals surface area contributed by atoms with Crippen LogP contribution in [0.4, 0.5) is 0 Å². The summed E-state index contributed by atoms with van der Waals surface area (Å²) in [6.07, 6.45) is 5.95. The minimum Gasteiger partial charge on any atom is -0.343 e. The van der Waals surface area contributed by atoms with Gasteiger partial charge in [-0.05, 0) is 38.3 Å². The van der Waals surface area contributed by atoms with Crippen LogP contribution in [-0.4, -0.2) is 35.4 Å². The average molecular weight is 261 g/mol. The Kier molecular flexibility index (Phi) is 5.33. The molecular weight excluding hydrogens is 238 g/mol. The summed E-state index contributed by atoms with van der Waals surface area (Å²) in [5.41, 5.74) is 1.02. The largest absolute Gasteiger partial charge is 0.343 e. The topological polar surface area (TPSA) is 45.2 Å². The highest BCUT2D eigenvalue weighted by atomic mass is 16.2. The fraction of sp³-hybridized carbons (Fsp3) is 0.600. The third-order valence-electron chi connectivity index (χ3n) is 3.63. The first-order chi connectivity index (χ1) is 9.27. The average Bonchev–Trinajstić information content (AvgIpc) is 2.49. The molecule has 19 heavy (non-hydrogen) atoms. The second-order valence-electron chi connectivity index (χ2n) is 5.12. The van der Waals surface area contributed by atoms with E-state index in [-0.39, 0.29) is 11.9 Å². The number of rotatable bonds is 5. The molecule has 1 saturated heterocycles. The molecule has 4 heteroatoms. The van der Waals surface area contributed by atoms with Gasteiger partial charge in [-0.2, -0.15) is 0 Å². The molecule has 104 valence electrons. The van der Waals surface area contributed by atoms with Crippen LogP contribution in [0, 0.1) is 0 Å². The van der Waals surface area contributed by atoms with E-state index in [1.807, 2.05) is 23.1 Å². The summed E-state index contributed by atoms with van der Waals surface area (Å²) in [6, 6.07) is 6.09. The Bertz CT molecular complexity index is 388. The van der Waals surface area contributed by atoms with Gasteiger partial charge in [0.05, 0.1) is 5.69 Å². The summed E-state index contributed by atoms with van der Waals surface area (Å²) in [4.78, 5) is 18.3. The maximum absolute atomic E-state index is 12.0. The predicted molar refractivity (Wildman–Crippen MR) is 75.7 cm³/mol. The van der Waals surface area contributed by atoms with Crippen LogP contribution in [-0.2, 0) is 4.79 Å². The molecule has 0 spiro atoms. The number of carbonyl (C=O) groups excluding carboxylic acids is 1. The van der Waals surface area contributed by atoms with Crippen LogP contribution in [0.2, 0.25) is 0 Å². The fourth-order valence-corrected chi connectivity index (χ4v) is 2.43. The van der Waals surface area contributed by atoms with Crippen LogP contribution >= 0.6 is 0 Å². The second kappa shape index (κ2) is 7.24. The summed E-state index contributed by atoms with van der Waals surface area (Å²) in [5.74, 6) is 0.278. The summed E-state index contributed by atoms with van der Waals surface area (Å²) in [7, 11) is 0. The highest BCUT2D eigenvalue weighted by Crippen LogP contribution is 2.10. The number of hydrogen-bond acceptors (Lipinski definition) is 3. The van der Waals surface area contributed by atoms with Crippen molar-refractivity contribution in [3.8, 4) is 0 Å². The fourth-order valence-electron chi connectivity index (χ4n) is 2.43. The molecule has 1 amide bonds. The lowest BCUT2D eigenvalue weighted by Crippen LogP contribution is -2.37. The molecule has 0 bridgehead atoms. The highest BCUT2D eigenvalue weighted by molar-refractivity contribution is 5.76. The maximum Gasteiger partial charge on any atom is 0.223 e. The van der Waals surface area contributed by atoms with E-state index in [0.717, 1.165) is 31.6 Å². The van der Waals surface area contributed by atoms with Gasteiger partial charge in [0, 0.05) is 38.3 Å². The molecule has 1 unspecified atom stereocenters. The Labute approximate surface area is 115 Å². The van der Waals surface area contributed by atoms with Crippen LogP contribution in [0.3, 0.4) is 0 Å². The SMILES string of the molecule is CC(NCCC(=O)N1CCCCC1)c1ccccn1. The number of hydrogen-bond donors (Lipinski definition) is 1. The Morgan fingerprint density at radius 3 is 2.84 bits per heavy atom. The Morgan fingerprint density at radius 1 is 1.37 bits per heavy atom. The van der Waals surface area contributed by atoms with E-state index in [1.165, 1.54) is 6.42 Å². The number of carbonyl (C=O) groups is 1. The highest BCUT2D eigenvalue weighted by Gasteiger charge is 2.16. The molecule has 1 aromatic rings. The zero-order valence-electron chi connectivity index (χ0n) is 11.6. The first kappa shape index (κ1) is 14.0. The van der Waals surface area contributed by atoms with Gasteiger partial charge in [-0.15, -0.1) is 0 Å². The third-order valence-corrected chi connectivity index (χ3v) is 3.63. The molecule has 1 atom stereocenters. The first-order valence-corrected chi connectivity index (χ1v) is 7.19. The minimum atomic E-state index is 0.190. The number of likely N-dealkylation sites (tertiary alicyclic amines) is 1. The van der Waals surface area contributed by atoms with Crippen LogP contribution < -0.4 is 5.32 Å². The number of nitrogens with one attached hydrogen (secondary N) is 1. The van der Waals surface area contributed by atoms with Gasteiger partial charge in [0.1, 0.15) is 0 Å². The predicted octanol–water partition coefficient (Wildman–Crippen LogP) is 2.13. The van der Waals surface area contributed by atoms with E-state index in [2.05, 4.69) is 17.2 Å². The molecule has 0 aliphatic carbocycles. The molecule has 4 nitrogen and oxygen atoms in total. The van der Waals surface area contributed by atoms with E-state index in [0.29, 0.717) is 13.0 Å². The number of aromatic nitrogens is 1. The van der Waals surface area contributed by atoms with Gasteiger partial charge in [0.15, 0.2) is 0 Å². The van der Waals surface area contributed by atoms with Crippen LogP contribution in [0.15, 0.2) is 24.4 Å². The zero-order chi connectivity index (χ0) is 13.5. The maximum atomic E-state index is 12.0. The standard InChI is InChI=1S/C15H23N3O/c1-13(14-7-3-4-9-17-14)16-10-8-15(19)18-11-5-2-6-12-18/h3-4,7,9,13,16H,2,5-6,8,10-12H2,1H3. The molecule has 2 rings (SSSR count). The van der Waals surface area contributed by atoms with Crippen molar-refractivity contribution < 1.29 is 4.79 Å². The first-order valence-electron chi connectivity index (χ1n) is 7.19. The molecule has 1 aromatic heterocycles. The van der Waals surface area contributed by atoms with Gasteiger partial charge in [0.25, 0.3) is 0 Å². The number of nitrogens with zero attached hydrogens (tertiary/aromatic N) is 2. The third kappa shape index (κ3) is 4.31. The van der Waals surface area contributed by atoms with Crippen molar-refractivity contribution in [2.45, 2.75) is 38.6 Å². The van der Waals surface area contributed by atoms with E-state index in [9.17, 15) is 4.79 Å². The van der Waals surface area contributed by atoms with Gasteiger partial charge in [-0.3, -0.25) is 9.78 Å². The summed E-state index contributed by atoms with van der Waals surface area (Å²) in [5, 5.41) is 3.36. The van der Waals surface area contributed by atoms with Crippen molar-refractivity contribution in [1.82, 2.24) is 15.2 Å². The Balaban J connectivity index is 1.69. The lowest BCUT2D eigenvalue weighted by molar-refractivity contribution is -0.132. The van der Waals surface area contributed by atoms with Crippen molar-refractivity contribution in [1.29, 1.82) is 0 Å².